The van der Waals surface area contributed by atoms with Gasteiger partial charge >= 0.3 is 0 Å². The van der Waals surface area contributed by atoms with Crippen molar-refractivity contribution in [3.05, 3.63) is 29.3 Å². The lowest BCUT2D eigenvalue weighted by atomic mass is 9.78. The summed E-state index contributed by atoms with van der Waals surface area (Å²) in [6.45, 7) is 1.25. The Morgan fingerprint density at radius 1 is 1.40 bits per heavy atom. The third-order valence-electron chi connectivity index (χ3n) is 4.13. The van der Waals surface area contributed by atoms with E-state index in [9.17, 15) is 10.4 Å². The van der Waals surface area contributed by atoms with Crippen LogP contribution in [0.25, 0.3) is 0 Å². The summed E-state index contributed by atoms with van der Waals surface area (Å²) in [4.78, 5) is 0. The van der Waals surface area contributed by atoms with Crippen LogP contribution in [0, 0.1) is 11.3 Å². The first-order valence-electron chi connectivity index (χ1n) is 6.79. The number of hydrogen-bond acceptors (Lipinski definition) is 5. The van der Waals surface area contributed by atoms with Gasteiger partial charge in [-0.2, -0.15) is 5.26 Å². The lowest BCUT2D eigenvalue weighted by Gasteiger charge is -2.45. The van der Waals surface area contributed by atoms with E-state index in [1.807, 2.05) is 6.07 Å². The van der Waals surface area contributed by atoms with Crippen molar-refractivity contribution < 1.29 is 14.6 Å². The molecule has 2 N–H and O–H groups in total. The molecule has 1 aromatic rings. The standard InChI is InChI=1S/C15H18N2O3/c1-19-14-3-2-11(4-10(14)7-16)15(18)5-12-8-20-9-13(6-15)17-12/h2-4,12-13,17-18H,5-6,8-9H2,1H3. The van der Waals surface area contributed by atoms with E-state index >= 15 is 0 Å². The minimum atomic E-state index is -0.901. The Balaban J connectivity index is 1.93. The molecule has 0 saturated carbocycles. The molecule has 3 rings (SSSR count). The molecule has 0 spiro atoms. The number of aliphatic hydroxyl groups is 1. The van der Waals surface area contributed by atoms with Crippen molar-refractivity contribution in [3.63, 3.8) is 0 Å². The van der Waals surface area contributed by atoms with Gasteiger partial charge in [0.25, 0.3) is 0 Å². The quantitative estimate of drug-likeness (QED) is 0.838. The van der Waals surface area contributed by atoms with E-state index in [-0.39, 0.29) is 12.1 Å². The summed E-state index contributed by atoms with van der Waals surface area (Å²) in [5, 5.41) is 23.6. The third-order valence-corrected chi connectivity index (χ3v) is 4.13. The Bertz CT molecular complexity index is 541. The lowest BCUT2D eigenvalue weighted by molar-refractivity contribution is -0.0802. The fourth-order valence-electron chi connectivity index (χ4n) is 3.24. The van der Waals surface area contributed by atoms with Gasteiger partial charge in [-0.3, -0.25) is 0 Å². The first-order valence-corrected chi connectivity index (χ1v) is 6.79. The second-order valence-electron chi connectivity index (χ2n) is 5.56. The number of ether oxygens (including phenoxy) is 2. The number of piperidine rings is 1. The fourth-order valence-corrected chi connectivity index (χ4v) is 3.24. The van der Waals surface area contributed by atoms with Crippen LogP contribution >= 0.6 is 0 Å². The molecule has 1 aromatic carbocycles. The van der Waals surface area contributed by atoms with Gasteiger partial charge in [0.05, 0.1) is 31.5 Å². The number of morpholine rings is 1. The number of nitrogens with one attached hydrogen (secondary N) is 1. The molecule has 0 aliphatic carbocycles. The average Bonchev–Trinajstić information content (AvgIpc) is 2.46. The largest absolute Gasteiger partial charge is 0.495 e. The molecule has 2 aliphatic heterocycles. The van der Waals surface area contributed by atoms with E-state index in [2.05, 4.69) is 11.4 Å². The zero-order valence-electron chi connectivity index (χ0n) is 11.4. The Morgan fingerprint density at radius 2 is 2.10 bits per heavy atom. The van der Waals surface area contributed by atoms with Gasteiger partial charge in [0, 0.05) is 12.1 Å². The summed E-state index contributed by atoms with van der Waals surface area (Å²) in [5.41, 5.74) is 0.342. The SMILES string of the molecule is COc1ccc(C2(O)CC3COCC(C2)N3)cc1C#N. The van der Waals surface area contributed by atoms with Gasteiger partial charge in [0.2, 0.25) is 0 Å². The molecule has 5 heteroatoms. The molecule has 0 radical (unpaired) electrons. The molecule has 0 aromatic heterocycles. The van der Waals surface area contributed by atoms with E-state index < -0.39 is 5.60 Å². The molecule has 2 aliphatic rings. The maximum atomic E-state index is 11.0. The average molecular weight is 274 g/mol. The van der Waals surface area contributed by atoms with Gasteiger partial charge < -0.3 is 19.9 Å². The molecular formula is C15H18N2O3. The van der Waals surface area contributed by atoms with Gasteiger partial charge in [-0.05, 0) is 30.5 Å². The first kappa shape index (κ1) is 13.4. The van der Waals surface area contributed by atoms with Crippen molar-refractivity contribution in [2.45, 2.75) is 30.5 Å². The predicted octanol–water partition coefficient (Wildman–Crippen LogP) is 0.905. The highest BCUT2D eigenvalue weighted by Gasteiger charge is 2.42. The van der Waals surface area contributed by atoms with Crippen molar-refractivity contribution in [2.75, 3.05) is 20.3 Å². The Morgan fingerprint density at radius 3 is 2.70 bits per heavy atom. The maximum absolute atomic E-state index is 11.0. The zero-order valence-corrected chi connectivity index (χ0v) is 11.4. The van der Waals surface area contributed by atoms with Crippen molar-refractivity contribution >= 4 is 0 Å². The van der Waals surface area contributed by atoms with E-state index in [0.29, 0.717) is 37.4 Å². The summed E-state index contributed by atoms with van der Waals surface area (Å²) in [5.74, 6) is 0.539. The normalized spacial score (nSPS) is 32.5. The van der Waals surface area contributed by atoms with Crippen LogP contribution in [0.3, 0.4) is 0 Å². The van der Waals surface area contributed by atoms with Crippen molar-refractivity contribution in [3.8, 4) is 11.8 Å². The highest BCUT2D eigenvalue weighted by molar-refractivity contribution is 5.47. The number of rotatable bonds is 2. The van der Waals surface area contributed by atoms with Crippen LogP contribution in [-0.4, -0.2) is 37.5 Å². The fraction of sp³-hybridized carbons (Fsp3) is 0.533. The highest BCUT2D eigenvalue weighted by Crippen LogP contribution is 2.38. The summed E-state index contributed by atoms with van der Waals surface area (Å²) in [6.07, 6.45) is 1.20. The maximum Gasteiger partial charge on any atom is 0.136 e. The Kier molecular flexibility index (Phi) is 3.38. The topological polar surface area (TPSA) is 74.5 Å². The monoisotopic (exact) mass is 274 g/mol. The minimum absolute atomic E-state index is 0.167. The number of hydrogen-bond donors (Lipinski definition) is 2. The first-order chi connectivity index (χ1) is 9.64. The molecule has 2 saturated heterocycles. The van der Waals surface area contributed by atoms with Gasteiger partial charge in [-0.15, -0.1) is 0 Å². The molecule has 5 nitrogen and oxygen atoms in total. The molecule has 106 valence electrons. The molecule has 2 heterocycles. The van der Waals surface area contributed by atoms with Crippen molar-refractivity contribution in [1.82, 2.24) is 5.32 Å². The van der Waals surface area contributed by atoms with E-state index in [1.165, 1.54) is 7.11 Å². The number of benzene rings is 1. The van der Waals surface area contributed by atoms with Crippen LogP contribution in [-0.2, 0) is 10.3 Å². The number of methoxy groups -OCH3 is 1. The van der Waals surface area contributed by atoms with E-state index in [1.54, 1.807) is 12.1 Å². The Hall–Kier alpha value is -1.61. The van der Waals surface area contributed by atoms with Crippen molar-refractivity contribution in [1.29, 1.82) is 5.26 Å². The van der Waals surface area contributed by atoms with E-state index in [0.717, 1.165) is 5.56 Å². The predicted molar refractivity (Wildman–Crippen MR) is 72.4 cm³/mol. The van der Waals surface area contributed by atoms with Crippen LogP contribution in [0.2, 0.25) is 0 Å². The molecule has 20 heavy (non-hydrogen) atoms. The minimum Gasteiger partial charge on any atom is -0.495 e. The van der Waals surface area contributed by atoms with Crippen LogP contribution in [0.1, 0.15) is 24.0 Å². The number of fused-ring (bicyclic) bond motifs is 2. The molecule has 2 bridgehead atoms. The van der Waals surface area contributed by atoms with Crippen LogP contribution in [0.15, 0.2) is 18.2 Å². The van der Waals surface area contributed by atoms with Crippen LogP contribution < -0.4 is 10.1 Å². The van der Waals surface area contributed by atoms with Crippen molar-refractivity contribution in [2.24, 2.45) is 0 Å². The summed E-state index contributed by atoms with van der Waals surface area (Å²) in [7, 11) is 1.54. The lowest BCUT2D eigenvalue weighted by Crippen LogP contribution is -2.58. The molecule has 2 unspecified atom stereocenters. The third kappa shape index (κ3) is 2.27. The summed E-state index contributed by atoms with van der Waals surface area (Å²) >= 11 is 0. The number of nitrogens with zero attached hydrogens (tertiary/aromatic N) is 1. The van der Waals surface area contributed by atoms with Gasteiger partial charge in [0.15, 0.2) is 0 Å². The van der Waals surface area contributed by atoms with Crippen LogP contribution in [0.5, 0.6) is 5.75 Å². The van der Waals surface area contributed by atoms with Crippen LogP contribution in [0.4, 0.5) is 0 Å². The zero-order chi connectivity index (χ0) is 14.2. The molecule has 2 atom stereocenters. The highest BCUT2D eigenvalue weighted by atomic mass is 16.5. The summed E-state index contributed by atoms with van der Waals surface area (Å²) < 4.78 is 10.7. The van der Waals surface area contributed by atoms with Gasteiger partial charge in [-0.1, -0.05) is 6.07 Å². The molecule has 2 fully saturated rings. The van der Waals surface area contributed by atoms with E-state index in [4.69, 9.17) is 9.47 Å². The van der Waals surface area contributed by atoms with Gasteiger partial charge in [0.1, 0.15) is 11.8 Å². The second-order valence-corrected chi connectivity index (χ2v) is 5.56. The second kappa shape index (κ2) is 5.06. The van der Waals surface area contributed by atoms with Gasteiger partial charge in [-0.25, -0.2) is 0 Å². The number of nitriles is 1. The molecular weight excluding hydrogens is 256 g/mol. The molecule has 0 amide bonds. The Labute approximate surface area is 118 Å². The summed E-state index contributed by atoms with van der Waals surface area (Å²) in [6, 6.07) is 7.79. The smallest absolute Gasteiger partial charge is 0.136 e.